The second kappa shape index (κ2) is 8.35. The molecule has 0 bridgehead atoms. The zero-order valence-corrected chi connectivity index (χ0v) is 17.8. The van der Waals surface area contributed by atoms with Gasteiger partial charge >= 0.3 is 0 Å². The van der Waals surface area contributed by atoms with Crippen LogP contribution < -0.4 is 15.4 Å². The Hall–Kier alpha value is -3.46. The van der Waals surface area contributed by atoms with Crippen LogP contribution in [0.4, 0.5) is 5.69 Å². The first-order valence-corrected chi connectivity index (χ1v) is 10.2. The maximum Gasteiger partial charge on any atom is 0.293 e. The lowest BCUT2D eigenvalue weighted by Gasteiger charge is -2.25. The average Bonchev–Trinajstić information content (AvgIpc) is 3.41. The van der Waals surface area contributed by atoms with E-state index in [0.29, 0.717) is 22.1 Å². The lowest BCUT2D eigenvalue weighted by atomic mass is 10.1. The van der Waals surface area contributed by atoms with Crippen molar-refractivity contribution in [1.29, 1.82) is 0 Å². The summed E-state index contributed by atoms with van der Waals surface area (Å²) in [5.41, 5.74) is 0.0741. The number of amides is 2. The molecule has 0 unspecified atom stereocenters. The van der Waals surface area contributed by atoms with E-state index in [2.05, 4.69) is 26.0 Å². The van der Waals surface area contributed by atoms with Crippen molar-refractivity contribution in [3.05, 3.63) is 59.4 Å². The van der Waals surface area contributed by atoms with Crippen molar-refractivity contribution in [2.75, 3.05) is 5.32 Å². The minimum absolute atomic E-state index is 0.0189. The van der Waals surface area contributed by atoms with Crippen LogP contribution in [0.1, 0.15) is 37.3 Å². The molecule has 0 atom stereocenters. The van der Waals surface area contributed by atoms with Gasteiger partial charge in [-0.05, 0) is 80.4 Å². The summed E-state index contributed by atoms with van der Waals surface area (Å²) in [6.45, 7) is 3.36. The number of carbonyl (C=O) groups excluding carboxylic acids is 2. The Kier molecular flexibility index (Phi) is 5.60. The van der Waals surface area contributed by atoms with Crippen LogP contribution in [0.2, 0.25) is 5.02 Å². The number of benzene rings is 2. The van der Waals surface area contributed by atoms with E-state index in [1.165, 1.54) is 4.80 Å². The molecule has 1 fully saturated rings. The van der Waals surface area contributed by atoms with Gasteiger partial charge in [-0.15, -0.1) is 15.0 Å². The molecule has 0 radical (unpaired) electrons. The van der Waals surface area contributed by atoms with Gasteiger partial charge in [0, 0.05) is 16.8 Å². The van der Waals surface area contributed by atoms with E-state index < -0.39 is 5.60 Å². The number of rotatable bonds is 7. The molecule has 2 N–H and O–H groups in total. The van der Waals surface area contributed by atoms with Crippen LogP contribution in [-0.2, 0) is 4.79 Å². The van der Waals surface area contributed by atoms with Crippen LogP contribution in [0, 0.1) is 0 Å². The molecule has 1 heterocycles. The molecule has 3 aromatic rings. The summed E-state index contributed by atoms with van der Waals surface area (Å²) >= 11 is 5.88. The quantitative estimate of drug-likeness (QED) is 0.584. The highest BCUT2D eigenvalue weighted by Crippen LogP contribution is 2.23. The Morgan fingerprint density at radius 3 is 2.42 bits per heavy atom. The highest BCUT2D eigenvalue weighted by Gasteiger charge is 2.30. The van der Waals surface area contributed by atoms with E-state index in [1.807, 2.05) is 0 Å². The lowest BCUT2D eigenvalue weighted by Crippen LogP contribution is -2.42. The molecule has 1 aliphatic rings. The Labute approximate surface area is 183 Å². The van der Waals surface area contributed by atoms with E-state index >= 15 is 0 Å². The molecule has 10 heteroatoms. The normalized spacial score (nSPS) is 13.5. The van der Waals surface area contributed by atoms with Gasteiger partial charge in [-0.3, -0.25) is 9.59 Å². The highest BCUT2D eigenvalue weighted by molar-refractivity contribution is 6.30. The monoisotopic (exact) mass is 440 g/mol. The number of hydrogen-bond donors (Lipinski definition) is 2. The molecule has 2 amide bonds. The van der Waals surface area contributed by atoms with E-state index in [1.54, 1.807) is 62.4 Å². The number of anilines is 1. The largest absolute Gasteiger partial charge is 0.478 e. The second-order valence-corrected chi connectivity index (χ2v) is 8.15. The molecule has 0 saturated heterocycles. The average molecular weight is 441 g/mol. The smallest absolute Gasteiger partial charge is 0.293 e. The van der Waals surface area contributed by atoms with E-state index in [9.17, 15) is 9.59 Å². The SMILES string of the molecule is CC(C)(Oc1ccc(Cl)cc1)C(=O)Nc1ccc(-n2nnc(C(=O)NC3CC3)n2)cc1. The molecule has 4 rings (SSSR count). The second-order valence-electron chi connectivity index (χ2n) is 7.72. The van der Waals surface area contributed by atoms with Gasteiger partial charge < -0.3 is 15.4 Å². The highest BCUT2D eigenvalue weighted by atomic mass is 35.5. The van der Waals surface area contributed by atoms with Gasteiger partial charge in [0.2, 0.25) is 0 Å². The van der Waals surface area contributed by atoms with Crippen LogP contribution >= 0.6 is 11.6 Å². The topological polar surface area (TPSA) is 111 Å². The number of tetrazole rings is 1. The number of ether oxygens (including phenoxy) is 1. The van der Waals surface area contributed by atoms with Crippen molar-refractivity contribution in [3.63, 3.8) is 0 Å². The zero-order valence-electron chi connectivity index (χ0n) is 17.0. The van der Waals surface area contributed by atoms with Gasteiger partial charge in [0.1, 0.15) is 5.75 Å². The van der Waals surface area contributed by atoms with Gasteiger partial charge in [-0.1, -0.05) is 11.6 Å². The number of nitrogens with zero attached hydrogens (tertiary/aromatic N) is 4. The summed E-state index contributed by atoms with van der Waals surface area (Å²) < 4.78 is 5.80. The molecule has 0 aliphatic heterocycles. The van der Waals surface area contributed by atoms with Crippen LogP contribution in [0.25, 0.3) is 5.69 Å². The summed E-state index contributed by atoms with van der Waals surface area (Å²) in [7, 11) is 0. The Bertz CT molecular complexity index is 1090. The molecule has 160 valence electrons. The molecular weight excluding hydrogens is 420 g/mol. The fourth-order valence-corrected chi connectivity index (χ4v) is 2.82. The summed E-state index contributed by atoms with van der Waals surface area (Å²) in [6, 6.07) is 13.9. The summed E-state index contributed by atoms with van der Waals surface area (Å²) in [4.78, 5) is 26.0. The number of carbonyl (C=O) groups is 2. The van der Waals surface area contributed by atoms with Crippen molar-refractivity contribution in [1.82, 2.24) is 25.5 Å². The predicted octanol–water partition coefficient (Wildman–Crippen LogP) is 3.00. The Morgan fingerprint density at radius 2 is 1.77 bits per heavy atom. The van der Waals surface area contributed by atoms with Gasteiger partial charge in [-0.25, -0.2) is 0 Å². The molecule has 2 aromatic carbocycles. The van der Waals surface area contributed by atoms with Crippen LogP contribution in [-0.4, -0.2) is 43.7 Å². The first-order chi connectivity index (χ1) is 14.8. The van der Waals surface area contributed by atoms with Gasteiger partial charge in [0.15, 0.2) is 5.60 Å². The number of halogens is 1. The first-order valence-electron chi connectivity index (χ1n) is 9.77. The lowest BCUT2D eigenvalue weighted by molar-refractivity contribution is -0.128. The zero-order chi connectivity index (χ0) is 22.0. The van der Waals surface area contributed by atoms with Crippen molar-refractivity contribution < 1.29 is 14.3 Å². The number of aromatic nitrogens is 4. The van der Waals surface area contributed by atoms with Crippen molar-refractivity contribution in [2.45, 2.75) is 38.3 Å². The third-order valence-corrected chi connectivity index (χ3v) is 4.87. The van der Waals surface area contributed by atoms with E-state index in [4.69, 9.17) is 16.3 Å². The fourth-order valence-electron chi connectivity index (χ4n) is 2.70. The molecule has 31 heavy (non-hydrogen) atoms. The number of hydrogen-bond acceptors (Lipinski definition) is 6. The first kappa shape index (κ1) is 20.8. The molecule has 9 nitrogen and oxygen atoms in total. The maximum atomic E-state index is 12.7. The van der Waals surface area contributed by atoms with Gasteiger partial charge in [0.05, 0.1) is 5.69 Å². The summed E-state index contributed by atoms with van der Waals surface area (Å²) in [6.07, 6.45) is 1.96. The van der Waals surface area contributed by atoms with Crippen LogP contribution in [0.5, 0.6) is 5.75 Å². The molecule has 1 saturated carbocycles. The van der Waals surface area contributed by atoms with Crippen molar-refractivity contribution in [3.8, 4) is 11.4 Å². The Morgan fingerprint density at radius 1 is 1.10 bits per heavy atom. The Balaban J connectivity index is 1.38. The van der Waals surface area contributed by atoms with Crippen LogP contribution in [0.3, 0.4) is 0 Å². The summed E-state index contributed by atoms with van der Waals surface area (Å²) in [5.74, 6) is -0.0854. The van der Waals surface area contributed by atoms with Crippen molar-refractivity contribution in [2.24, 2.45) is 0 Å². The predicted molar refractivity (Wildman–Crippen MR) is 114 cm³/mol. The minimum Gasteiger partial charge on any atom is -0.478 e. The fraction of sp³-hybridized carbons (Fsp3) is 0.286. The third-order valence-electron chi connectivity index (χ3n) is 4.62. The van der Waals surface area contributed by atoms with E-state index in [-0.39, 0.29) is 23.7 Å². The molecule has 1 aliphatic carbocycles. The standard InChI is InChI=1S/C21H21ClN6O3/c1-21(2,31-17-11-3-13(22)4-12-17)20(30)24-15-7-9-16(10-8-15)28-26-18(25-27-28)19(29)23-14-5-6-14/h3-4,7-12,14H,5-6H2,1-2H3,(H,23,29)(H,24,30). The van der Waals surface area contributed by atoms with Crippen molar-refractivity contribution >= 4 is 29.1 Å². The minimum atomic E-state index is -1.11. The molecule has 0 spiro atoms. The van der Waals surface area contributed by atoms with Crippen LogP contribution in [0.15, 0.2) is 48.5 Å². The third kappa shape index (κ3) is 5.18. The molecule has 1 aromatic heterocycles. The van der Waals surface area contributed by atoms with E-state index in [0.717, 1.165) is 12.8 Å². The molecular formula is C21H21ClN6O3. The van der Waals surface area contributed by atoms with Gasteiger partial charge in [-0.2, -0.15) is 0 Å². The van der Waals surface area contributed by atoms with Gasteiger partial charge in [0.25, 0.3) is 17.6 Å². The maximum absolute atomic E-state index is 12.7. The summed E-state index contributed by atoms with van der Waals surface area (Å²) in [5, 5.41) is 18.1. The number of nitrogens with one attached hydrogen (secondary N) is 2.